The maximum atomic E-state index is 12.7. The Hall–Kier alpha value is -3.40. The number of anilines is 1. The Bertz CT molecular complexity index is 1420. The van der Waals surface area contributed by atoms with E-state index in [1.807, 2.05) is 6.20 Å². The van der Waals surface area contributed by atoms with E-state index in [-0.39, 0.29) is 11.2 Å². The van der Waals surface area contributed by atoms with Gasteiger partial charge in [0.1, 0.15) is 11.4 Å². The van der Waals surface area contributed by atoms with E-state index in [4.69, 9.17) is 14.4 Å². The van der Waals surface area contributed by atoms with Gasteiger partial charge < -0.3 is 14.6 Å². The van der Waals surface area contributed by atoms with Crippen LogP contribution in [0, 0.1) is 0 Å². The van der Waals surface area contributed by atoms with Crippen LogP contribution in [0.5, 0.6) is 0 Å². The van der Waals surface area contributed by atoms with Crippen molar-refractivity contribution >= 4 is 45.5 Å². The van der Waals surface area contributed by atoms with E-state index in [0.717, 1.165) is 47.9 Å². The van der Waals surface area contributed by atoms with Crippen molar-refractivity contribution in [3.05, 3.63) is 52.5 Å². The number of fused-ring (bicyclic) bond motifs is 2. The van der Waals surface area contributed by atoms with E-state index in [1.54, 1.807) is 40.7 Å². The maximum absolute atomic E-state index is 12.7. The Morgan fingerprint density at radius 2 is 1.94 bits per heavy atom. The molecule has 3 aromatic heterocycles. The average molecular weight is 493 g/mol. The number of benzene rings is 1. The molecule has 1 fully saturated rings. The van der Waals surface area contributed by atoms with E-state index in [2.05, 4.69) is 29.2 Å². The number of piperidine rings is 1. The van der Waals surface area contributed by atoms with Crippen molar-refractivity contribution in [3.63, 3.8) is 0 Å². The van der Waals surface area contributed by atoms with Crippen molar-refractivity contribution in [1.82, 2.24) is 25.1 Å². The summed E-state index contributed by atoms with van der Waals surface area (Å²) in [6.07, 6.45) is 5.37. The molecule has 0 atom stereocenters. The minimum absolute atomic E-state index is 0.00986. The molecule has 0 radical (unpaired) electrons. The molecule has 1 N–H and O–H groups in total. The van der Waals surface area contributed by atoms with Gasteiger partial charge in [0.05, 0.1) is 23.5 Å². The predicted molar refractivity (Wildman–Crippen MR) is 137 cm³/mol. The summed E-state index contributed by atoms with van der Waals surface area (Å²) >= 11 is 1.63. The lowest BCUT2D eigenvalue weighted by atomic mass is 10.1. The molecular formula is C25H28N6O3S. The van der Waals surface area contributed by atoms with E-state index >= 15 is 0 Å². The summed E-state index contributed by atoms with van der Waals surface area (Å²) in [5.41, 5.74) is 0.905. The van der Waals surface area contributed by atoms with Crippen molar-refractivity contribution in [3.8, 4) is 0 Å². The lowest BCUT2D eigenvalue weighted by molar-refractivity contribution is 0.0925. The number of carbonyl (C=O) groups excluding carboxylic acids is 1. The summed E-state index contributed by atoms with van der Waals surface area (Å²) in [5, 5.41) is 9.84. The maximum Gasteiger partial charge on any atom is 0.287 e. The lowest BCUT2D eigenvalue weighted by Gasteiger charge is -2.28. The van der Waals surface area contributed by atoms with Crippen LogP contribution in [0.25, 0.3) is 22.0 Å². The van der Waals surface area contributed by atoms with Gasteiger partial charge in [-0.3, -0.25) is 9.59 Å². The Balaban J connectivity index is 1.35. The Morgan fingerprint density at radius 1 is 1.14 bits per heavy atom. The zero-order valence-electron chi connectivity index (χ0n) is 19.9. The first-order valence-corrected chi connectivity index (χ1v) is 12.8. The van der Waals surface area contributed by atoms with Gasteiger partial charge in [0, 0.05) is 31.0 Å². The van der Waals surface area contributed by atoms with Crippen LogP contribution in [-0.2, 0) is 6.54 Å². The van der Waals surface area contributed by atoms with E-state index in [9.17, 15) is 9.59 Å². The Morgan fingerprint density at radius 3 is 2.74 bits per heavy atom. The van der Waals surface area contributed by atoms with Gasteiger partial charge >= 0.3 is 0 Å². The van der Waals surface area contributed by atoms with E-state index in [1.165, 1.54) is 12.5 Å². The number of hydrogen-bond acceptors (Lipinski definition) is 8. The number of nitrogens with zero attached hydrogens (tertiary/aromatic N) is 5. The summed E-state index contributed by atoms with van der Waals surface area (Å²) in [7, 11) is 0. The topological polar surface area (TPSA) is 106 Å². The normalized spacial score (nSPS) is 14.2. The van der Waals surface area contributed by atoms with Gasteiger partial charge in [-0.25, -0.2) is 14.6 Å². The summed E-state index contributed by atoms with van der Waals surface area (Å²) in [6, 6.07) is 8.11. The molecule has 1 aromatic carbocycles. The van der Waals surface area contributed by atoms with Crippen LogP contribution in [0.2, 0.25) is 0 Å². The fourth-order valence-corrected chi connectivity index (χ4v) is 4.97. The number of nitrogens with one attached hydrogen (secondary N) is 1. The second-order valence-corrected chi connectivity index (χ2v) is 10.4. The van der Waals surface area contributed by atoms with Crippen molar-refractivity contribution in [2.75, 3.05) is 24.5 Å². The van der Waals surface area contributed by atoms with Crippen molar-refractivity contribution < 1.29 is 9.21 Å². The number of rotatable bonds is 7. The first kappa shape index (κ1) is 23.3. The third kappa shape index (κ3) is 5.02. The molecule has 1 aliphatic rings. The zero-order chi connectivity index (χ0) is 24.4. The van der Waals surface area contributed by atoms with Crippen molar-refractivity contribution in [2.45, 2.75) is 50.1 Å². The van der Waals surface area contributed by atoms with Gasteiger partial charge in [0.15, 0.2) is 22.0 Å². The predicted octanol–water partition coefficient (Wildman–Crippen LogP) is 3.85. The first-order valence-electron chi connectivity index (χ1n) is 12.0. The standard InChI is InChI=1S/C25H28N6O3S/c1-16(2)35-25-28-22(30-11-6-3-7-12-30)18-15-27-31(23(18)29-25)13-10-26-24(33)21-14-19(32)17-8-4-5-9-20(17)34-21/h4-5,8-9,14-16H,3,6-7,10-13H2,1-2H3,(H,26,33). The molecule has 1 aliphatic heterocycles. The molecule has 0 unspecified atom stereocenters. The molecule has 5 rings (SSSR count). The zero-order valence-corrected chi connectivity index (χ0v) is 20.7. The van der Waals surface area contributed by atoms with Crippen LogP contribution >= 0.6 is 11.8 Å². The average Bonchev–Trinajstić information content (AvgIpc) is 3.26. The van der Waals surface area contributed by atoms with E-state index in [0.29, 0.717) is 29.3 Å². The highest BCUT2D eigenvalue weighted by molar-refractivity contribution is 7.99. The van der Waals surface area contributed by atoms with Gasteiger partial charge in [-0.2, -0.15) is 5.10 Å². The number of hydrogen-bond donors (Lipinski definition) is 1. The number of amides is 1. The molecular weight excluding hydrogens is 464 g/mol. The Kier molecular flexibility index (Phi) is 6.72. The summed E-state index contributed by atoms with van der Waals surface area (Å²) in [4.78, 5) is 37.0. The third-order valence-corrected chi connectivity index (χ3v) is 6.78. The van der Waals surface area contributed by atoms with Gasteiger partial charge in [0.25, 0.3) is 5.91 Å². The SMILES string of the molecule is CC(C)Sc1nc(N2CCCCC2)c2cnn(CCNC(=O)c3cc(=O)c4ccccc4o3)c2n1. The van der Waals surface area contributed by atoms with Crippen LogP contribution in [-0.4, -0.2) is 50.5 Å². The molecule has 0 aliphatic carbocycles. The fraction of sp³-hybridized carbons (Fsp3) is 0.400. The number of carbonyl (C=O) groups is 1. The molecule has 35 heavy (non-hydrogen) atoms. The molecule has 4 heterocycles. The molecule has 0 spiro atoms. The number of aromatic nitrogens is 4. The van der Waals surface area contributed by atoms with Gasteiger partial charge in [0.2, 0.25) is 0 Å². The quantitative estimate of drug-likeness (QED) is 0.306. The molecule has 0 bridgehead atoms. The van der Waals surface area contributed by atoms with Crippen molar-refractivity contribution in [1.29, 1.82) is 0 Å². The fourth-order valence-electron chi connectivity index (χ4n) is 4.27. The molecule has 182 valence electrons. The second kappa shape index (κ2) is 10.1. The molecule has 1 amide bonds. The summed E-state index contributed by atoms with van der Waals surface area (Å²) < 4.78 is 7.43. The van der Waals surface area contributed by atoms with Crippen LogP contribution in [0.1, 0.15) is 43.7 Å². The van der Waals surface area contributed by atoms with Gasteiger partial charge in [-0.05, 0) is 31.4 Å². The minimum Gasteiger partial charge on any atom is -0.451 e. The molecule has 4 aromatic rings. The monoisotopic (exact) mass is 492 g/mol. The minimum atomic E-state index is -0.441. The second-order valence-electron chi connectivity index (χ2n) is 8.88. The first-order chi connectivity index (χ1) is 17.0. The smallest absolute Gasteiger partial charge is 0.287 e. The van der Waals surface area contributed by atoms with Crippen molar-refractivity contribution in [2.24, 2.45) is 0 Å². The highest BCUT2D eigenvalue weighted by Crippen LogP contribution is 2.30. The van der Waals surface area contributed by atoms with E-state index < -0.39 is 5.91 Å². The highest BCUT2D eigenvalue weighted by atomic mass is 32.2. The van der Waals surface area contributed by atoms with Crippen LogP contribution in [0.15, 0.2) is 50.9 Å². The third-order valence-electron chi connectivity index (χ3n) is 5.92. The highest BCUT2D eigenvalue weighted by Gasteiger charge is 2.20. The summed E-state index contributed by atoms with van der Waals surface area (Å²) in [5.74, 6) is 0.486. The molecule has 1 saturated heterocycles. The summed E-state index contributed by atoms with van der Waals surface area (Å²) in [6.45, 7) is 6.94. The van der Waals surface area contributed by atoms with Crippen LogP contribution in [0.3, 0.4) is 0 Å². The molecule has 9 nitrogen and oxygen atoms in total. The molecule has 10 heteroatoms. The Labute approximate surface area is 206 Å². The lowest BCUT2D eigenvalue weighted by Crippen LogP contribution is -2.30. The largest absolute Gasteiger partial charge is 0.451 e. The van der Waals surface area contributed by atoms with Crippen LogP contribution in [0.4, 0.5) is 5.82 Å². The number of para-hydroxylation sites is 1. The number of thioether (sulfide) groups is 1. The van der Waals surface area contributed by atoms with Gasteiger partial charge in [-0.15, -0.1) is 0 Å². The van der Waals surface area contributed by atoms with Gasteiger partial charge in [-0.1, -0.05) is 37.7 Å². The molecule has 0 saturated carbocycles. The van der Waals surface area contributed by atoms with Crippen LogP contribution < -0.4 is 15.6 Å².